The van der Waals surface area contributed by atoms with Gasteiger partial charge in [-0.25, -0.2) is 19.1 Å². The van der Waals surface area contributed by atoms with E-state index in [1.54, 1.807) is 45.3 Å². The number of hydrogen-bond donors (Lipinski definition) is 1. The Bertz CT molecular complexity index is 1940. The van der Waals surface area contributed by atoms with E-state index in [-0.39, 0.29) is 23.8 Å². The fourth-order valence-corrected chi connectivity index (χ4v) is 6.09. The minimum Gasteiger partial charge on any atom is -0.467 e. The van der Waals surface area contributed by atoms with Gasteiger partial charge in [0.05, 0.1) is 31.5 Å². The van der Waals surface area contributed by atoms with E-state index in [4.69, 9.17) is 14.2 Å². The zero-order valence-electron chi connectivity index (χ0n) is 29.8. The first kappa shape index (κ1) is 36.7. The standard InChI is InChI=1S/C36H43N7O8/c1-21(2)14-29(33(46)49-6)41-13-12-26(32(41)45)38-31(44)23-15-22(17-37-18-23)27-20-43(40-39-27)30(34(47)50-7)16-24-19-42(35(48)51-36(3,4)5)28-11-9-8-10-25(24)28/h8-11,15,17-21,26,29-30H,12-14,16H2,1-7H3,(H,38,44)/t26-,29+,30-/m1/s1. The van der Waals surface area contributed by atoms with Crippen LogP contribution in [0.1, 0.15) is 69.4 Å². The summed E-state index contributed by atoms with van der Waals surface area (Å²) in [6.45, 7) is 9.57. The molecule has 1 fully saturated rings. The highest BCUT2D eigenvalue weighted by atomic mass is 16.6. The van der Waals surface area contributed by atoms with Gasteiger partial charge in [-0.05, 0) is 57.2 Å². The second-order valence-electron chi connectivity index (χ2n) is 13.8. The van der Waals surface area contributed by atoms with Crippen LogP contribution >= 0.6 is 0 Å². The van der Waals surface area contributed by atoms with Crippen molar-refractivity contribution >= 4 is 40.7 Å². The van der Waals surface area contributed by atoms with Crippen LogP contribution in [-0.2, 0) is 35.0 Å². The summed E-state index contributed by atoms with van der Waals surface area (Å²) < 4.78 is 18.4. The highest BCUT2D eigenvalue weighted by Crippen LogP contribution is 2.28. The van der Waals surface area contributed by atoms with Crippen LogP contribution in [0.3, 0.4) is 0 Å². The second kappa shape index (κ2) is 15.1. The number of amides is 2. The second-order valence-corrected chi connectivity index (χ2v) is 13.8. The highest BCUT2D eigenvalue weighted by Gasteiger charge is 2.40. The lowest BCUT2D eigenvalue weighted by molar-refractivity contribution is -0.152. The normalized spacial score (nSPS) is 15.9. The molecule has 270 valence electrons. The van der Waals surface area contributed by atoms with Crippen LogP contribution < -0.4 is 5.32 Å². The molecule has 0 radical (unpaired) electrons. The third kappa shape index (κ3) is 8.24. The van der Waals surface area contributed by atoms with Crippen LogP contribution in [0.4, 0.5) is 4.79 Å². The summed E-state index contributed by atoms with van der Waals surface area (Å²) in [4.78, 5) is 70.8. The van der Waals surface area contributed by atoms with Crippen molar-refractivity contribution in [3.8, 4) is 11.3 Å². The molecule has 5 rings (SSSR count). The maximum Gasteiger partial charge on any atom is 0.419 e. The van der Waals surface area contributed by atoms with Gasteiger partial charge in [0.25, 0.3) is 5.91 Å². The number of fused-ring (bicyclic) bond motifs is 1. The molecule has 4 heterocycles. The van der Waals surface area contributed by atoms with E-state index in [0.29, 0.717) is 41.7 Å². The lowest BCUT2D eigenvalue weighted by atomic mass is 10.0. The molecule has 1 aromatic carbocycles. The molecule has 1 aliphatic heterocycles. The van der Waals surface area contributed by atoms with E-state index >= 15 is 0 Å². The minimum atomic E-state index is -0.950. The van der Waals surface area contributed by atoms with Gasteiger partial charge in [-0.15, -0.1) is 5.10 Å². The summed E-state index contributed by atoms with van der Waals surface area (Å²) in [5.41, 5.74) is 1.56. The van der Waals surface area contributed by atoms with Gasteiger partial charge in [0.1, 0.15) is 23.4 Å². The molecule has 2 amide bonds. The lowest BCUT2D eigenvalue weighted by Crippen LogP contribution is -2.48. The summed E-state index contributed by atoms with van der Waals surface area (Å²) >= 11 is 0. The number of rotatable bonds is 11. The van der Waals surface area contributed by atoms with Crippen LogP contribution in [-0.4, -0.2) is 97.7 Å². The van der Waals surface area contributed by atoms with Crippen molar-refractivity contribution in [1.29, 1.82) is 0 Å². The first-order valence-corrected chi connectivity index (χ1v) is 16.7. The number of ether oxygens (including phenoxy) is 3. The fraction of sp³-hybridized carbons (Fsp3) is 0.444. The molecule has 51 heavy (non-hydrogen) atoms. The van der Waals surface area contributed by atoms with Gasteiger partial charge in [-0.2, -0.15) is 0 Å². The third-order valence-electron chi connectivity index (χ3n) is 8.49. The molecule has 0 unspecified atom stereocenters. The van der Waals surface area contributed by atoms with Gasteiger partial charge in [0.2, 0.25) is 5.91 Å². The molecule has 0 saturated carbocycles. The number of likely N-dealkylation sites (tertiary alicyclic amines) is 1. The van der Waals surface area contributed by atoms with E-state index in [9.17, 15) is 24.0 Å². The molecular weight excluding hydrogens is 658 g/mol. The Kier molecular flexibility index (Phi) is 10.9. The summed E-state index contributed by atoms with van der Waals surface area (Å²) in [6, 6.07) is 6.37. The van der Waals surface area contributed by atoms with Crippen LogP contribution in [0.2, 0.25) is 0 Å². The maximum absolute atomic E-state index is 13.3. The number of carbonyl (C=O) groups excluding carboxylic acids is 5. The lowest BCUT2D eigenvalue weighted by Gasteiger charge is -2.27. The van der Waals surface area contributed by atoms with Gasteiger partial charge in [-0.3, -0.25) is 19.1 Å². The Balaban J connectivity index is 1.34. The molecule has 1 aliphatic rings. The van der Waals surface area contributed by atoms with Crippen LogP contribution in [0.15, 0.2) is 55.1 Å². The number of pyridine rings is 1. The molecule has 15 nitrogen and oxygen atoms in total. The van der Waals surface area contributed by atoms with Gasteiger partial charge in [0, 0.05) is 42.5 Å². The number of esters is 2. The minimum absolute atomic E-state index is 0.118. The van der Waals surface area contributed by atoms with Crippen LogP contribution in [0.25, 0.3) is 22.2 Å². The number of methoxy groups -OCH3 is 2. The van der Waals surface area contributed by atoms with Crippen molar-refractivity contribution in [2.45, 2.75) is 77.6 Å². The number of para-hydroxylation sites is 1. The van der Waals surface area contributed by atoms with Crippen molar-refractivity contribution < 1.29 is 38.2 Å². The first-order valence-electron chi connectivity index (χ1n) is 16.7. The fourth-order valence-electron chi connectivity index (χ4n) is 6.09. The Labute approximate surface area is 295 Å². The number of hydrogen-bond acceptors (Lipinski definition) is 11. The molecule has 4 aromatic rings. The zero-order valence-corrected chi connectivity index (χ0v) is 29.8. The van der Waals surface area contributed by atoms with E-state index < -0.39 is 47.7 Å². The molecule has 0 aliphatic carbocycles. The Hall–Kier alpha value is -5.60. The highest BCUT2D eigenvalue weighted by molar-refractivity contribution is 5.99. The SMILES string of the molecule is COC(=O)[C@@H](Cc1cn(C(=O)OC(C)(C)C)c2ccccc12)n1cc(-c2cncc(C(=O)N[C@@H]3CCN([C@@H](CC(C)C)C(=O)OC)C3=O)c2)nn1. The molecule has 0 bridgehead atoms. The van der Waals surface area contributed by atoms with Gasteiger partial charge < -0.3 is 24.4 Å². The third-order valence-corrected chi connectivity index (χ3v) is 8.49. The number of aromatic nitrogens is 5. The van der Waals surface area contributed by atoms with E-state index in [2.05, 4.69) is 20.6 Å². The van der Waals surface area contributed by atoms with Gasteiger partial charge in [0.15, 0.2) is 6.04 Å². The Morgan fingerprint density at radius 3 is 2.39 bits per heavy atom. The molecular formula is C36H43N7O8. The Morgan fingerprint density at radius 1 is 1.00 bits per heavy atom. The summed E-state index contributed by atoms with van der Waals surface area (Å²) in [5, 5.41) is 12.0. The van der Waals surface area contributed by atoms with Gasteiger partial charge in [-0.1, -0.05) is 37.3 Å². The van der Waals surface area contributed by atoms with Gasteiger partial charge >= 0.3 is 18.0 Å². The molecule has 3 aromatic heterocycles. The molecule has 1 N–H and O–H groups in total. The largest absolute Gasteiger partial charge is 0.467 e. The quantitative estimate of drug-likeness (QED) is 0.177. The molecule has 15 heteroatoms. The van der Waals surface area contributed by atoms with Crippen molar-refractivity contribution in [1.82, 2.24) is 34.8 Å². The number of nitrogens with zero attached hydrogens (tertiary/aromatic N) is 6. The maximum atomic E-state index is 13.3. The van der Waals surface area contributed by atoms with Crippen molar-refractivity contribution in [3.63, 3.8) is 0 Å². The summed E-state index contributed by atoms with van der Waals surface area (Å²) in [7, 11) is 2.56. The number of benzene rings is 1. The van der Waals surface area contributed by atoms with Crippen LogP contribution in [0, 0.1) is 5.92 Å². The summed E-state index contributed by atoms with van der Waals surface area (Å²) in [5.74, 6) is -1.80. The molecule has 1 saturated heterocycles. The predicted molar refractivity (Wildman–Crippen MR) is 184 cm³/mol. The van der Waals surface area contributed by atoms with E-state index in [0.717, 1.165) is 5.39 Å². The average molecular weight is 702 g/mol. The van der Waals surface area contributed by atoms with E-state index in [1.807, 2.05) is 32.0 Å². The topological polar surface area (TPSA) is 177 Å². The summed E-state index contributed by atoms with van der Waals surface area (Å²) in [6.07, 6.45) is 6.41. The number of nitrogens with one attached hydrogen (secondary N) is 1. The number of carbonyl (C=O) groups is 5. The van der Waals surface area contributed by atoms with Crippen LogP contribution in [0.5, 0.6) is 0 Å². The Morgan fingerprint density at radius 2 is 1.71 bits per heavy atom. The van der Waals surface area contributed by atoms with Crippen molar-refractivity contribution in [3.05, 3.63) is 66.2 Å². The van der Waals surface area contributed by atoms with E-state index in [1.165, 1.54) is 40.8 Å². The average Bonchev–Trinajstić information content (AvgIpc) is 3.82. The predicted octanol–water partition coefficient (Wildman–Crippen LogP) is 3.95. The molecule has 3 atom stereocenters. The smallest absolute Gasteiger partial charge is 0.419 e. The monoisotopic (exact) mass is 701 g/mol. The zero-order chi connectivity index (χ0) is 37.0. The first-order chi connectivity index (χ1) is 24.2. The van der Waals surface area contributed by atoms with Crippen molar-refractivity contribution in [2.24, 2.45) is 5.92 Å². The molecule has 0 spiro atoms. The van der Waals surface area contributed by atoms with Crippen molar-refractivity contribution in [2.75, 3.05) is 20.8 Å².